The van der Waals surface area contributed by atoms with Gasteiger partial charge in [-0.05, 0) is 34.1 Å². The molecule has 0 saturated heterocycles. The summed E-state index contributed by atoms with van der Waals surface area (Å²) in [6, 6.07) is 3.89. The van der Waals surface area contributed by atoms with E-state index in [1.54, 1.807) is 12.1 Å². The van der Waals surface area contributed by atoms with Crippen molar-refractivity contribution in [3.63, 3.8) is 0 Å². The van der Waals surface area contributed by atoms with Gasteiger partial charge in [-0.25, -0.2) is 9.18 Å². The summed E-state index contributed by atoms with van der Waals surface area (Å²) in [5.74, 6) is -0.453. The molecule has 0 bridgehead atoms. The van der Waals surface area contributed by atoms with Gasteiger partial charge in [-0.2, -0.15) is 0 Å². The number of benzene rings is 1. The molecule has 1 aromatic rings. The number of hydrogen-bond donors (Lipinski definition) is 2. The van der Waals surface area contributed by atoms with E-state index in [4.69, 9.17) is 5.11 Å². The summed E-state index contributed by atoms with van der Waals surface area (Å²) < 4.78 is 13.6. The number of amides is 2. The molecule has 0 aliphatic rings. The molecule has 2 amide bonds. The Morgan fingerprint density at radius 3 is 2.89 bits per heavy atom. The van der Waals surface area contributed by atoms with E-state index in [0.717, 1.165) is 0 Å². The minimum Gasteiger partial charge on any atom is -0.395 e. The number of carbonyl (C=O) groups is 1. The molecule has 0 unspecified atom stereocenters. The first-order chi connectivity index (χ1) is 8.58. The second-order valence-corrected chi connectivity index (χ2v) is 4.37. The molecule has 0 fully saturated rings. The molecule has 0 heterocycles. The van der Waals surface area contributed by atoms with Gasteiger partial charge in [0.1, 0.15) is 5.82 Å². The number of hydrogen-bond acceptors (Lipinski definition) is 2. The molecule has 1 aromatic carbocycles. The second-order valence-electron chi connectivity index (χ2n) is 3.52. The summed E-state index contributed by atoms with van der Waals surface area (Å²) in [5.41, 5.74) is 0.354. The molecule has 0 aromatic heterocycles. The van der Waals surface area contributed by atoms with Crippen LogP contribution in [0.5, 0.6) is 0 Å². The quantitative estimate of drug-likeness (QED) is 0.820. The van der Waals surface area contributed by atoms with Crippen LogP contribution >= 0.6 is 15.9 Å². The fourth-order valence-corrected chi connectivity index (χ4v) is 1.58. The number of anilines is 1. The van der Waals surface area contributed by atoms with Crippen LogP contribution in [0.4, 0.5) is 14.9 Å². The van der Waals surface area contributed by atoms with Gasteiger partial charge < -0.3 is 15.3 Å². The van der Waals surface area contributed by atoms with Crippen molar-refractivity contribution in [1.29, 1.82) is 0 Å². The fraction of sp³-hybridized carbons (Fsp3) is 0.250. The number of urea groups is 1. The van der Waals surface area contributed by atoms with Gasteiger partial charge in [-0.3, -0.25) is 0 Å². The van der Waals surface area contributed by atoms with E-state index in [1.165, 1.54) is 17.0 Å². The van der Waals surface area contributed by atoms with E-state index in [0.29, 0.717) is 16.7 Å². The lowest BCUT2D eigenvalue weighted by Gasteiger charge is -2.20. The number of halogens is 2. The monoisotopic (exact) mass is 316 g/mol. The fourth-order valence-electron chi connectivity index (χ4n) is 1.33. The predicted molar refractivity (Wildman–Crippen MR) is 72.0 cm³/mol. The lowest BCUT2D eigenvalue weighted by atomic mass is 10.3. The van der Waals surface area contributed by atoms with Gasteiger partial charge in [-0.1, -0.05) is 6.08 Å². The number of aliphatic hydroxyl groups excluding tert-OH is 1. The molecule has 0 spiro atoms. The van der Waals surface area contributed by atoms with E-state index in [-0.39, 0.29) is 13.2 Å². The summed E-state index contributed by atoms with van der Waals surface area (Å²) in [5, 5.41) is 11.4. The van der Waals surface area contributed by atoms with Crippen LogP contribution in [0.25, 0.3) is 0 Å². The average Bonchev–Trinajstić information content (AvgIpc) is 2.33. The maximum absolute atomic E-state index is 13.3. The summed E-state index contributed by atoms with van der Waals surface area (Å²) in [4.78, 5) is 13.2. The molecule has 1 rings (SSSR count). The number of carbonyl (C=O) groups excluding carboxylic acids is 1. The molecular formula is C12H14BrFN2O2. The van der Waals surface area contributed by atoms with E-state index in [2.05, 4.69) is 27.8 Å². The van der Waals surface area contributed by atoms with Crippen LogP contribution < -0.4 is 5.32 Å². The van der Waals surface area contributed by atoms with Crippen molar-refractivity contribution in [3.8, 4) is 0 Å². The van der Waals surface area contributed by atoms with Crippen LogP contribution in [0.1, 0.15) is 0 Å². The van der Waals surface area contributed by atoms with Crippen LogP contribution in [-0.4, -0.2) is 35.7 Å². The number of rotatable bonds is 5. The van der Waals surface area contributed by atoms with Crippen LogP contribution in [0.15, 0.2) is 35.3 Å². The molecule has 0 atom stereocenters. The standard InChI is InChI=1S/C12H14BrFN2O2/c1-2-5-16(6-7-17)12(18)15-9-3-4-10(13)11(14)8-9/h2-4,8,17H,1,5-7H2,(H,15,18). The number of aliphatic hydroxyl groups is 1. The molecule has 0 aliphatic carbocycles. The maximum atomic E-state index is 13.3. The Kier molecular flexibility index (Phi) is 5.80. The third-order valence-corrected chi connectivity index (χ3v) is 2.82. The first kappa shape index (κ1) is 14.7. The highest BCUT2D eigenvalue weighted by molar-refractivity contribution is 9.10. The Bertz CT molecular complexity index is 440. The third kappa shape index (κ3) is 4.12. The van der Waals surface area contributed by atoms with E-state index in [1.807, 2.05) is 0 Å². The number of nitrogens with one attached hydrogen (secondary N) is 1. The normalized spacial score (nSPS) is 9.94. The second kappa shape index (κ2) is 7.13. The predicted octanol–water partition coefficient (Wildman–Crippen LogP) is 2.60. The molecule has 18 heavy (non-hydrogen) atoms. The molecule has 2 N–H and O–H groups in total. The first-order valence-electron chi connectivity index (χ1n) is 5.31. The Hall–Kier alpha value is -1.40. The Morgan fingerprint density at radius 2 is 2.33 bits per heavy atom. The highest BCUT2D eigenvalue weighted by Gasteiger charge is 2.12. The third-order valence-electron chi connectivity index (χ3n) is 2.18. The van der Waals surface area contributed by atoms with Crippen molar-refractivity contribution >= 4 is 27.6 Å². The van der Waals surface area contributed by atoms with Crippen molar-refractivity contribution in [2.24, 2.45) is 0 Å². The van der Waals surface area contributed by atoms with Gasteiger partial charge in [0.05, 0.1) is 11.1 Å². The largest absolute Gasteiger partial charge is 0.395 e. The van der Waals surface area contributed by atoms with Crippen LogP contribution in [0.3, 0.4) is 0 Å². The molecule has 4 nitrogen and oxygen atoms in total. The molecule has 98 valence electrons. The van der Waals surface area contributed by atoms with Crippen molar-refractivity contribution in [2.75, 3.05) is 25.0 Å². The Labute approximate surface area is 113 Å². The molecule has 0 radical (unpaired) electrons. The highest BCUT2D eigenvalue weighted by atomic mass is 79.9. The average molecular weight is 317 g/mol. The Balaban J connectivity index is 2.72. The zero-order valence-corrected chi connectivity index (χ0v) is 11.3. The first-order valence-corrected chi connectivity index (χ1v) is 6.10. The van der Waals surface area contributed by atoms with Crippen molar-refractivity contribution in [2.45, 2.75) is 0 Å². The lowest BCUT2D eigenvalue weighted by Crippen LogP contribution is -2.37. The summed E-state index contributed by atoms with van der Waals surface area (Å²) >= 11 is 3.03. The van der Waals surface area contributed by atoms with Gasteiger partial charge in [0, 0.05) is 18.8 Å². The zero-order valence-electron chi connectivity index (χ0n) is 9.70. The molecule has 0 aliphatic heterocycles. The topological polar surface area (TPSA) is 52.6 Å². The van der Waals surface area contributed by atoms with Gasteiger partial charge in [-0.15, -0.1) is 6.58 Å². The van der Waals surface area contributed by atoms with Crippen molar-refractivity contribution < 1.29 is 14.3 Å². The van der Waals surface area contributed by atoms with Crippen LogP contribution in [-0.2, 0) is 0 Å². The van der Waals surface area contributed by atoms with Crippen LogP contribution in [0.2, 0.25) is 0 Å². The molecular weight excluding hydrogens is 303 g/mol. The zero-order chi connectivity index (χ0) is 13.5. The van der Waals surface area contributed by atoms with E-state index < -0.39 is 11.8 Å². The van der Waals surface area contributed by atoms with E-state index >= 15 is 0 Å². The minimum atomic E-state index is -0.453. The summed E-state index contributed by atoms with van der Waals surface area (Å²) in [6.45, 7) is 3.89. The maximum Gasteiger partial charge on any atom is 0.322 e. The van der Waals surface area contributed by atoms with Crippen LogP contribution in [0, 0.1) is 5.82 Å². The SMILES string of the molecule is C=CCN(CCO)C(=O)Nc1ccc(Br)c(F)c1. The van der Waals surface area contributed by atoms with E-state index in [9.17, 15) is 9.18 Å². The van der Waals surface area contributed by atoms with Gasteiger partial charge in [0.15, 0.2) is 0 Å². The number of nitrogens with zero attached hydrogens (tertiary/aromatic N) is 1. The lowest BCUT2D eigenvalue weighted by molar-refractivity contribution is 0.195. The summed E-state index contributed by atoms with van der Waals surface area (Å²) in [6.07, 6.45) is 1.55. The van der Waals surface area contributed by atoms with Crippen molar-refractivity contribution in [1.82, 2.24) is 4.90 Å². The van der Waals surface area contributed by atoms with Crippen molar-refractivity contribution in [3.05, 3.63) is 41.1 Å². The smallest absolute Gasteiger partial charge is 0.322 e. The molecule has 6 heteroatoms. The van der Waals surface area contributed by atoms with Gasteiger partial charge in [0.2, 0.25) is 0 Å². The molecule has 0 saturated carbocycles. The Morgan fingerprint density at radius 1 is 1.61 bits per heavy atom. The van der Waals surface area contributed by atoms with Gasteiger partial charge >= 0.3 is 6.03 Å². The summed E-state index contributed by atoms with van der Waals surface area (Å²) in [7, 11) is 0. The van der Waals surface area contributed by atoms with Gasteiger partial charge in [0.25, 0.3) is 0 Å². The minimum absolute atomic E-state index is 0.143. The highest BCUT2D eigenvalue weighted by Crippen LogP contribution is 2.19.